The second-order valence-electron chi connectivity index (χ2n) is 5.17. The minimum absolute atomic E-state index is 0.0401. The second-order valence-corrected chi connectivity index (χ2v) is 5.58. The molecular weight excluding hydrogens is 292 g/mol. The molecule has 0 aliphatic carbocycles. The van der Waals surface area contributed by atoms with E-state index in [-0.39, 0.29) is 11.5 Å². The van der Waals surface area contributed by atoms with Crippen molar-refractivity contribution in [2.45, 2.75) is 19.3 Å². The Bertz CT molecular complexity index is 690. The molecule has 1 N–H and O–H groups in total. The van der Waals surface area contributed by atoms with Gasteiger partial charge in [-0.05, 0) is 31.0 Å². The first-order valence-electron chi connectivity index (χ1n) is 6.73. The zero-order valence-corrected chi connectivity index (χ0v) is 12.3. The fourth-order valence-electron chi connectivity index (χ4n) is 2.46. The van der Waals surface area contributed by atoms with Crippen LogP contribution in [0.15, 0.2) is 24.4 Å². The van der Waals surface area contributed by atoms with Crippen molar-refractivity contribution in [3.63, 3.8) is 0 Å². The third-order valence-corrected chi connectivity index (χ3v) is 4.12. The van der Waals surface area contributed by atoms with Crippen molar-refractivity contribution in [2.75, 3.05) is 13.2 Å². The van der Waals surface area contributed by atoms with Gasteiger partial charge in [-0.1, -0.05) is 17.7 Å². The molecule has 1 aliphatic rings. The summed E-state index contributed by atoms with van der Waals surface area (Å²) in [5.41, 5.74) is 2.52. The number of hydrogen-bond acceptors (Lipinski definition) is 3. The molecule has 3 rings (SSSR count). The summed E-state index contributed by atoms with van der Waals surface area (Å²) in [6.07, 6.45) is 2.34. The highest BCUT2D eigenvalue weighted by Crippen LogP contribution is 2.28. The van der Waals surface area contributed by atoms with E-state index in [9.17, 15) is 9.90 Å². The van der Waals surface area contributed by atoms with Crippen molar-refractivity contribution >= 4 is 17.6 Å². The number of hydrogen-bond donors (Lipinski definition) is 1. The van der Waals surface area contributed by atoms with Crippen LogP contribution < -0.4 is 0 Å². The lowest BCUT2D eigenvalue weighted by molar-refractivity contribution is 0.0695. The van der Waals surface area contributed by atoms with Gasteiger partial charge >= 0.3 is 5.97 Å². The summed E-state index contributed by atoms with van der Waals surface area (Å²) in [6, 6.07) is 5.54. The van der Waals surface area contributed by atoms with Crippen molar-refractivity contribution in [3.8, 4) is 5.69 Å². The minimum Gasteiger partial charge on any atom is -0.478 e. The summed E-state index contributed by atoms with van der Waals surface area (Å²) < 4.78 is 6.90. The fraction of sp³-hybridized carbons (Fsp3) is 0.333. The first kappa shape index (κ1) is 14.1. The van der Waals surface area contributed by atoms with Gasteiger partial charge in [0.25, 0.3) is 0 Å². The SMILES string of the molecule is Cc1ccc(-n2cc(C(=O)O)c(C3CCOC3)n2)cc1Cl. The van der Waals surface area contributed by atoms with Crippen molar-refractivity contribution < 1.29 is 14.6 Å². The van der Waals surface area contributed by atoms with Gasteiger partial charge in [0.15, 0.2) is 0 Å². The highest BCUT2D eigenvalue weighted by molar-refractivity contribution is 6.31. The van der Waals surface area contributed by atoms with E-state index < -0.39 is 5.97 Å². The first-order valence-corrected chi connectivity index (χ1v) is 7.11. The Morgan fingerprint density at radius 2 is 2.33 bits per heavy atom. The van der Waals surface area contributed by atoms with E-state index in [1.165, 1.54) is 6.20 Å². The quantitative estimate of drug-likeness (QED) is 0.946. The lowest BCUT2D eigenvalue weighted by Crippen LogP contribution is -2.06. The van der Waals surface area contributed by atoms with Crippen LogP contribution in [0.25, 0.3) is 5.69 Å². The number of ether oxygens (including phenoxy) is 1. The normalized spacial score (nSPS) is 18.1. The fourth-order valence-corrected chi connectivity index (χ4v) is 2.64. The van der Waals surface area contributed by atoms with Crippen LogP contribution in [-0.2, 0) is 4.74 Å². The highest BCUT2D eigenvalue weighted by atomic mass is 35.5. The molecule has 2 heterocycles. The van der Waals surface area contributed by atoms with Crippen LogP contribution in [0.2, 0.25) is 5.02 Å². The summed E-state index contributed by atoms with van der Waals surface area (Å²) in [6.45, 7) is 3.08. The number of halogens is 1. The Hall–Kier alpha value is -1.85. The maximum atomic E-state index is 11.4. The molecule has 0 saturated carbocycles. The Morgan fingerprint density at radius 3 is 2.95 bits per heavy atom. The third kappa shape index (κ3) is 2.66. The van der Waals surface area contributed by atoms with Crippen LogP contribution in [0.4, 0.5) is 0 Å². The van der Waals surface area contributed by atoms with Crippen LogP contribution >= 0.6 is 11.6 Å². The van der Waals surface area contributed by atoms with Gasteiger partial charge < -0.3 is 9.84 Å². The van der Waals surface area contributed by atoms with E-state index in [0.29, 0.717) is 23.9 Å². The molecule has 1 saturated heterocycles. The molecule has 1 aromatic heterocycles. The predicted molar refractivity (Wildman–Crippen MR) is 78.4 cm³/mol. The number of carboxylic acids is 1. The van der Waals surface area contributed by atoms with Crippen molar-refractivity contribution in [1.29, 1.82) is 0 Å². The van der Waals surface area contributed by atoms with Crippen LogP contribution in [0.5, 0.6) is 0 Å². The zero-order chi connectivity index (χ0) is 15.0. The van der Waals surface area contributed by atoms with Crippen LogP contribution in [0.1, 0.15) is 34.0 Å². The maximum Gasteiger partial charge on any atom is 0.339 e. The highest BCUT2D eigenvalue weighted by Gasteiger charge is 2.27. The van der Waals surface area contributed by atoms with Crippen molar-refractivity contribution in [1.82, 2.24) is 9.78 Å². The van der Waals surface area contributed by atoms with E-state index in [1.54, 1.807) is 10.7 Å². The van der Waals surface area contributed by atoms with E-state index in [0.717, 1.165) is 17.7 Å². The summed E-state index contributed by atoms with van der Waals surface area (Å²) in [5.74, 6) is -0.931. The Kier molecular flexibility index (Phi) is 3.69. The lowest BCUT2D eigenvalue weighted by atomic mass is 10.0. The van der Waals surface area contributed by atoms with E-state index in [2.05, 4.69) is 5.10 Å². The predicted octanol–water partition coefficient (Wildman–Crippen LogP) is 3.04. The molecule has 0 spiro atoms. The number of carbonyl (C=O) groups is 1. The molecule has 1 atom stereocenters. The second kappa shape index (κ2) is 5.50. The molecular formula is C15H15ClN2O3. The number of nitrogens with zero attached hydrogens (tertiary/aromatic N) is 2. The summed E-state index contributed by atoms with van der Waals surface area (Å²) in [4.78, 5) is 11.4. The van der Waals surface area contributed by atoms with Crippen molar-refractivity contribution in [2.24, 2.45) is 0 Å². The molecule has 21 heavy (non-hydrogen) atoms. The number of benzene rings is 1. The van der Waals surface area contributed by atoms with E-state index in [4.69, 9.17) is 16.3 Å². The molecule has 2 aromatic rings. The smallest absolute Gasteiger partial charge is 0.339 e. The molecule has 6 heteroatoms. The number of carboxylic acid groups (broad SMARTS) is 1. The van der Waals surface area contributed by atoms with Gasteiger partial charge in [0, 0.05) is 23.7 Å². The van der Waals surface area contributed by atoms with Gasteiger partial charge in [-0.15, -0.1) is 0 Å². The first-order chi connectivity index (χ1) is 10.1. The standard InChI is InChI=1S/C15H15ClN2O3/c1-9-2-3-11(6-13(9)16)18-7-12(15(19)20)14(17-18)10-4-5-21-8-10/h2-3,6-7,10H,4-5,8H2,1H3,(H,19,20). The summed E-state index contributed by atoms with van der Waals surface area (Å²) >= 11 is 6.12. The van der Waals surface area contributed by atoms with Crippen LogP contribution in [-0.4, -0.2) is 34.1 Å². The monoisotopic (exact) mass is 306 g/mol. The van der Waals surface area contributed by atoms with Crippen LogP contribution in [0.3, 0.4) is 0 Å². The number of aryl methyl sites for hydroxylation is 1. The third-order valence-electron chi connectivity index (χ3n) is 3.71. The van der Waals surface area contributed by atoms with Gasteiger partial charge in [-0.2, -0.15) is 5.10 Å². The zero-order valence-electron chi connectivity index (χ0n) is 11.5. The molecule has 1 unspecified atom stereocenters. The summed E-state index contributed by atoms with van der Waals surface area (Å²) in [5, 5.41) is 14.4. The van der Waals surface area contributed by atoms with Crippen molar-refractivity contribution in [3.05, 3.63) is 46.2 Å². The maximum absolute atomic E-state index is 11.4. The van der Waals surface area contributed by atoms with Crippen LogP contribution in [0, 0.1) is 6.92 Å². The lowest BCUT2D eigenvalue weighted by Gasteiger charge is -2.05. The van der Waals surface area contributed by atoms with E-state index in [1.807, 2.05) is 19.1 Å². The Morgan fingerprint density at radius 1 is 1.52 bits per heavy atom. The molecule has 1 aliphatic heterocycles. The number of aromatic nitrogens is 2. The van der Waals surface area contributed by atoms with Gasteiger partial charge in [0.2, 0.25) is 0 Å². The van der Waals surface area contributed by atoms with Gasteiger partial charge in [0.05, 0.1) is 18.0 Å². The topological polar surface area (TPSA) is 64.4 Å². The molecule has 0 bridgehead atoms. The molecule has 0 radical (unpaired) electrons. The molecule has 0 amide bonds. The minimum atomic E-state index is -0.971. The van der Waals surface area contributed by atoms with Gasteiger partial charge in [-0.3, -0.25) is 0 Å². The average Bonchev–Trinajstić information content (AvgIpc) is 3.09. The van der Waals surface area contributed by atoms with Gasteiger partial charge in [0.1, 0.15) is 5.56 Å². The molecule has 1 aromatic carbocycles. The molecule has 110 valence electrons. The Balaban J connectivity index is 2.04. The summed E-state index contributed by atoms with van der Waals surface area (Å²) in [7, 11) is 0. The largest absolute Gasteiger partial charge is 0.478 e. The van der Waals surface area contributed by atoms with E-state index >= 15 is 0 Å². The number of aromatic carboxylic acids is 1. The molecule has 5 nitrogen and oxygen atoms in total. The molecule has 1 fully saturated rings. The Labute approximate surface area is 127 Å². The van der Waals surface area contributed by atoms with Gasteiger partial charge in [-0.25, -0.2) is 9.48 Å². The average molecular weight is 307 g/mol. The number of rotatable bonds is 3.